The van der Waals surface area contributed by atoms with Crippen LogP contribution in [0.5, 0.6) is 17.2 Å². The number of thiol groups is 1. The smallest absolute Gasteiger partial charge is 0.278 e. The van der Waals surface area contributed by atoms with E-state index in [1.807, 2.05) is 6.92 Å². The summed E-state index contributed by atoms with van der Waals surface area (Å²) >= 11 is 3.79. The molecule has 0 heterocycles. The van der Waals surface area contributed by atoms with E-state index in [-0.39, 0.29) is 11.1 Å². The molecule has 0 bridgehead atoms. The van der Waals surface area contributed by atoms with Gasteiger partial charge in [-0.1, -0.05) is 18.7 Å². The summed E-state index contributed by atoms with van der Waals surface area (Å²) in [5, 5.41) is -0.269. The Labute approximate surface area is 140 Å². The maximum atomic E-state index is 13.1. The Bertz CT molecular complexity index is 649. The highest BCUT2D eigenvalue weighted by Gasteiger charge is 2.06. The molecule has 0 radical (unpaired) electrons. The molecular weight excluding hydrogens is 317 g/mol. The number of carbonyl (C=O) groups is 1. The molecule has 122 valence electrons. The summed E-state index contributed by atoms with van der Waals surface area (Å²) in [5.74, 6) is 1.34. The molecule has 0 unspecified atom stereocenters. The number of rotatable bonds is 7. The highest BCUT2D eigenvalue weighted by Crippen LogP contribution is 2.24. The van der Waals surface area contributed by atoms with Crippen LogP contribution < -0.4 is 9.47 Å². The topological polar surface area (TPSA) is 38.8 Å². The Balaban J connectivity index is 1.86. The van der Waals surface area contributed by atoms with Crippen molar-refractivity contribution in [1.29, 1.82) is 0 Å². The van der Waals surface area contributed by atoms with Gasteiger partial charge in [0.2, 0.25) is 0 Å². The van der Waals surface area contributed by atoms with Crippen LogP contribution in [0, 0.1) is 5.82 Å². The van der Waals surface area contributed by atoms with Gasteiger partial charge < -0.3 is 14.4 Å². The van der Waals surface area contributed by atoms with Crippen molar-refractivity contribution < 1.29 is 18.7 Å². The van der Waals surface area contributed by atoms with E-state index in [9.17, 15) is 9.18 Å². The van der Waals surface area contributed by atoms with Crippen molar-refractivity contribution in [3.05, 3.63) is 54.3 Å². The fraction of sp³-hybridized carbons (Fsp3) is 0.235. The van der Waals surface area contributed by atoms with E-state index in [1.54, 1.807) is 41.3 Å². The maximum absolute atomic E-state index is 13.1. The van der Waals surface area contributed by atoms with Gasteiger partial charge in [-0.15, -0.1) is 0 Å². The normalized spacial score (nSPS) is 10.2. The van der Waals surface area contributed by atoms with Crippen LogP contribution in [0.4, 0.5) is 9.18 Å². The molecule has 23 heavy (non-hydrogen) atoms. The van der Waals surface area contributed by atoms with E-state index in [4.69, 9.17) is 9.47 Å². The van der Waals surface area contributed by atoms with E-state index in [1.165, 1.54) is 12.1 Å². The third-order valence-electron chi connectivity index (χ3n) is 3.14. The molecule has 0 fully saturated rings. The summed E-state index contributed by atoms with van der Waals surface area (Å²) in [6.07, 6.45) is 0. The second-order valence-electron chi connectivity index (χ2n) is 4.74. The van der Waals surface area contributed by atoms with Gasteiger partial charge >= 0.3 is 0 Å². The van der Waals surface area contributed by atoms with E-state index in [0.29, 0.717) is 36.9 Å². The van der Waals surface area contributed by atoms with Crippen molar-refractivity contribution >= 4 is 17.9 Å². The number of nitrogens with zero attached hydrogens (tertiary/aromatic N) is 1. The first-order valence-electron chi connectivity index (χ1n) is 7.22. The number of halogens is 1. The van der Waals surface area contributed by atoms with Crippen LogP contribution in [0.15, 0.2) is 48.5 Å². The molecule has 0 saturated heterocycles. The van der Waals surface area contributed by atoms with Gasteiger partial charge in [-0.2, -0.15) is 0 Å². The molecule has 0 saturated carbocycles. The number of hydrogen-bond donors (Lipinski definition) is 1. The van der Waals surface area contributed by atoms with E-state index in [2.05, 4.69) is 12.6 Å². The van der Waals surface area contributed by atoms with E-state index < -0.39 is 0 Å². The maximum Gasteiger partial charge on any atom is 0.278 e. The zero-order valence-electron chi connectivity index (χ0n) is 12.7. The lowest BCUT2D eigenvalue weighted by molar-refractivity contribution is 0.208. The molecule has 6 heteroatoms. The van der Waals surface area contributed by atoms with Crippen LogP contribution in [0.2, 0.25) is 0 Å². The molecule has 2 aromatic rings. The first-order chi connectivity index (χ1) is 11.1. The Morgan fingerprint density at radius 3 is 2.43 bits per heavy atom. The summed E-state index contributed by atoms with van der Waals surface area (Å²) in [4.78, 5) is 12.7. The molecule has 0 atom stereocenters. The van der Waals surface area contributed by atoms with Crippen LogP contribution in [0.3, 0.4) is 0 Å². The first kappa shape index (κ1) is 17.1. The number of amides is 1. The minimum absolute atomic E-state index is 0.269. The number of benzene rings is 2. The molecule has 2 aromatic carbocycles. The van der Waals surface area contributed by atoms with Gasteiger partial charge in [0.15, 0.2) is 0 Å². The molecule has 2 rings (SSSR count). The van der Waals surface area contributed by atoms with Crippen LogP contribution in [0.1, 0.15) is 6.92 Å². The fourth-order valence-corrected chi connectivity index (χ4v) is 2.17. The zero-order chi connectivity index (χ0) is 16.7. The molecule has 0 aromatic heterocycles. The minimum atomic E-state index is -0.346. The molecule has 0 aliphatic carbocycles. The molecule has 1 amide bonds. The standard InChI is InChI=1S/C17H18FNO3S/c1-2-19(17(20)23)10-11-21-14-6-8-15(9-7-14)22-16-5-3-4-13(18)12-16/h3-9,12H,2,10-11H2,1H3,(H,20,23). The van der Waals surface area contributed by atoms with Gasteiger partial charge in [0.05, 0.1) is 6.54 Å². The van der Waals surface area contributed by atoms with E-state index in [0.717, 1.165) is 0 Å². The van der Waals surface area contributed by atoms with Crippen LogP contribution in [-0.4, -0.2) is 29.8 Å². The van der Waals surface area contributed by atoms with Gasteiger partial charge in [0, 0.05) is 12.6 Å². The number of ether oxygens (including phenoxy) is 2. The van der Waals surface area contributed by atoms with E-state index >= 15 is 0 Å². The summed E-state index contributed by atoms with van der Waals surface area (Å²) < 4.78 is 24.2. The highest BCUT2D eigenvalue weighted by atomic mass is 32.1. The van der Waals surface area contributed by atoms with Crippen molar-refractivity contribution in [3.63, 3.8) is 0 Å². The van der Waals surface area contributed by atoms with Crippen molar-refractivity contribution in [1.82, 2.24) is 4.90 Å². The predicted molar refractivity (Wildman–Crippen MR) is 90.0 cm³/mol. The van der Waals surface area contributed by atoms with Crippen molar-refractivity contribution in [2.75, 3.05) is 19.7 Å². The largest absolute Gasteiger partial charge is 0.492 e. The lowest BCUT2D eigenvalue weighted by atomic mass is 10.3. The quantitative estimate of drug-likeness (QED) is 0.764. The second-order valence-corrected chi connectivity index (χ2v) is 5.12. The Hall–Kier alpha value is -2.21. The van der Waals surface area contributed by atoms with Crippen LogP contribution in [0.25, 0.3) is 0 Å². The third kappa shape index (κ3) is 5.49. The third-order valence-corrected chi connectivity index (χ3v) is 3.42. The monoisotopic (exact) mass is 335 g/mol. The second kappa shape index (κ2) is 8.43. The lowest BCUT2D eigenvalue weighted by Crippen LogP contribution is -2.30. The van der Waals surface area contributed by atoms with Gasteiger partial charge in [-0.25, -0.2) is 4.39 Å². The summed E-state index contributed by atoms with van der Waals surface area (Å²) in [7, 11) is 0. The fourth-order valence-electron chi connectivity index (χ4n) is 1.93. The zero-order valence-corrected chi connectivity index (χ0v) is 13.6. The van der Waals surface area contributed by atoms with Crippen molar-refractivity contribution in [2.45, 2.75) is 6.92 Å². The van der Waals surface area contributed by atoms with Gasteiger partial charge in [0.1, 0.15) is 29.7 Å². The Morgan fingerprint density at radius 1 is 1.13 bits per heavy atom. The van der Waals surface area contributed by atoms with Crippen molar-refractivity contribution in [3.8, 4) is 17.2 Å². The number of hydrogen-bond acceptors (Lipinski definition) is 3. The van der Waals surface area contributed by atoms with Crippen molar-refractivity contribution in [2.24, 2.45) is 0 Å². The van der Waals surface area contributed by atoms with Gasteiger partial charge in [0.25, 0.3) is 5.24 Å². The van der Waals surface area contributed by atoms with Gasteiger partial charge in [-0.05, 0) is 43.3 Å². The summed E-state index contributed by atoms with van der Waals surface area (Å²) in [5.41, 5.74) is 0. The minimum Gasteiger partial charge on any atom is -0.492 e. The Morgan fingerprint density at radius 2 is 1.83 bits per heavy atom. The predicted octanol–water partition coefficient (Wildman–Crippen LogP) is 4.37. The summed E-state index contributed by atoms with van der Waals surface area (Å²) in [6, 6.07) is 12.9. The molecule has 0 N–H and O–H groups in total. The summed E-state index contributed by atoms with van der Waals surface area (Å²) in [6.45, 7) is 3.32. The number of carbonyl (C=O) groups excluding carboxylic acids is 1. The van der Waals surface area contributed by atoms with Gasteiger partial charge in [-0.3, -0.25) is 4.79 Å². The lowest BCUT2D eigenvalue weighted by Gasteiger charge is -2.18. The van der Waals surface area contributed by atoms with Crippen LogP contribution in [-0.2, 0) is 0 Å². The molecule has 0 aliphatic rings. The highest BCUT2D eigenvalue weighted by molar-refractivity contribution is 7.96. The number of likely N-dealkylation sites (N-methyl/N-ethyl adjacent to an activating group) is 1. The molecule has 4 nitrogen and oxygen atoms in total. The first-order valence-corrected chi connectivity index (χ1v) is 7.67. The average molecular weight is 335 g/mol. The molecule has 0 aliphatic heterocycles. The Kier molecular flexibility index (Phi) is 6.29. The molecule has 0 spiro atoms. The average Bonchev–Trinajstić information content (AvgIpc) is 2.53. The SMILES string of the molecule is CCN(CCOc1ccc(Oc2cccc(F)c2)cc1)C(=O)S. The molecular formula is C17H18FNO3S. The van der Waals surface area contributed by atoms with Crippen LogP contribution >= 0.6 is 12.6 Å².